The van der Waals surface area contributed by atoms with E-state index in [1.165, 1.54) is 4.68 Å². The van der Waals surface area contributed by atoms with Crippen LogP contribution in [0.15, 0.2) is 36.5 Å². The SMILES string of the molecule is CCCOC(=O)c1ccc(NC(=O)c2ccnn2C)cc1. The van der Waals surface area contributed by atoms with E-state index in [0.717, 1.165) is 6.42 Å². The minimum absolute atomic E-state index is 0.253. The monoisotopic (exact) mass is 287 g/mol. The zero-order chi connectivity index (χ0) is 15.2. The number of hydrogen-bond acceptors (Lipinski definition) is 4. The molecule has 0 aliphatic rings. The highest BCUT2D eigenvalue weighted by Crippen LogP contribution is 2.12. The fraction of sp³-hybridized carbons (Fsp3) is 0.267. The summed E-state index contributed by atoms with van der Waals surface area (Å²) in [5.41, 5.74) is 1.52. The van der Waals surface area contributed by atoms with Crippen molar-refractivity contribution >= 4 is 17.6 Å². The maximum absolute atomic E-state index is 12.0. The molecule has 0 fully saturated rings. The van der Waals surface area contributed by atoms with Crippen LogP contribution >= 0.6 is 0 Å². The number of carbonyl (C=O) groups is 2. The molecule has 1 aromatic heterocycles. The first-order chi connectivity index (χ1) is 10.1. The van der Waals surface area contributed by atoms with Gasteiger partial charge in [-0.15, -0.1) is 0 Å². The number of aryl methyl sites for hydroxylation is 1. The van der Waals surface area contributed by atoms with Crippen LogP contribution in [0.5, 0.6) is 0 Å². The molecule has 0 aliphatic carbocycles. The third kappa shape index (κ3) is 3.68. The summed E-state index contributed by atoms with van der Waals surface area (Å²) in [6.45, 7) is 2.34. The van der Waals surface area contributed by atoms with Gasteiger partial charge < -0.3 is 10.1 Å². The number of esters is 1. The molecule has 2 rings (SSSR count). The van der Waals surface area contributed by atoms with Crippen LogP contribution in [0.25, 0.3) is 0 Å². The highest BCUT2D eigenvalue weighted by atomic mass is 16.5. The molecule has 0 saturated carbocycles. The van der Waals surface area contributed by atoms with Crippen LogP contribution in [0.4, 0.5) is 5.69 Å². The average molecular weight is 287 g/mol. The summed E-state index contributed by atoms with van der Waals surface area (Å²) in [7, 11) is 1.70. The van der Waals surface area contributed by atoms with Gasteiger partial charge in [-0.25, -0.2) is 4.79 Å². The van der Waals surface area contributed by atoms with Crippen LogP contribution in [-0.2, 0) is 11.8 Å². The van der Waals surface area contributed by atoms with Crippen molar-refractivity contribution in [1.82, 2.24) is 9.78 Å². The second-order valence-corrected chi connectivity index (χ2v) is 4.51. The fourth-order valence-corrected chi connectivity index (χ4v) is 1.76. The molecule has 0 atom stereocenters. The standard InChI is InChI=1S/C15H17N3O3/c1-3-10-21-15(20)11-4-6-12(7-5-11)17-14(19)13-8-9-16-18(13)2/h4-9H,3,10H2,1-2H3,(H,17,19). The zero-order valence-electron chi connectivity index (χ0n) is 12.0. The number of anilines is 1. The van der Waals surface area contributed by atoms with Gasteiger partial charge in [-0.3, -0.25) is 9.48 Å². The van der Waals surface area contributed by atoms with Gasteiger partial charge in [0.15, 0.2) is 0 Å². The molecule has 2 aromatic rings. The normalized spacial score (nSPS) is 10.2. The summed E-state index contributed by atoms with van der Waals surface area (Å²) in [5.74, 6) is -0.613. The molecule has 0 aliphatic heterocycles. The van der Waals surface area contributed by atoms with Crippen molar-refractivity contribution in [2.45, 2.75) is 13.3 Å². The highest BCUT2D eigenvalue weighted by Gasteiger charge is 2.11. The van der Waals surface area contributed by atoms with E-state index in [1.807, 2.05) is 6.92 Å². The molecule has 110 valence electrons. The van der Waals surface area contributed by atoms with E-state index >= 15 is 0 Å². The fourth-order valence-electron chi connectivity index (χ4n) is 1.76. The Hall–Kier alpha value is -2.63. The van der Waals surface area contributed by atoms with E-state index in [1.54, 1.807) is 43.6 Å². The summed E-state index contributed by atoms with van der Waals surface area (Å²) in [5, 5.41) is 6.68. The Morgan fingerprint density at radius 1 is 1.24 bits per heavy atom. The van der Waals surface area contributed by atoms with Crippen molar-refractivity contribution in [3.05, 3.63) is 47.8 Å². The summed E-state index contributed by atoms with van der Waals surface area (Å²) < 4.78 is 6.53. The van der Waals surface area contributed by atoms with Crippen molar-refractivity contribution in [1.29, 1.82) is 0 Å². The molecule has 0 unspecified atom stereocenters. The van der Waals surface area contributed by atoms with Crippen molar-refractivity contribution in [3.63, 3.8) is 0 Å². The van der Waals surface area contributed by atoms with Gasteiger partial charge in [-0.05, 0) is 36.8 Å². The molecule has 0 spiro atoms. The number of ether oxygens (including phenoxy) is 1. The first-order valence-electron chi connectivity index (χ1n) is 6.68. The lowest BCUT2D eigenvalue weighted by Gasteiger charge is -2.07. The molecule has 1 N–H and O–H groups in total. The Kier molecular flexibility index (Phi) is 4.71. The predicted molar refractivity (Wildman–Crippen MR) is 78.2 cm³/mol. The van der Waals surface area contributed by atoms with Crippen molar-refractivity contribution in [2.24, 2.45) is 7.05 Å². The quantitative estimate of drug-likeness (QED) is 0.856. The average Bonchev–Trinajstić information content (AvgIpc) is 2.91. The van der Waals surface area contributed by atoms with E-state index in [0.29, 0.717) is 23.6 Å². The third-order valence-electron chi connectivity index (χ3n) is 2.87. The van der Waals surface area contributed by atoms with E-state index < -0.39 is 0 Å². The smallest absolute Gasteiger partial charge is 0.338 e. The lowest BCUT2D eigenvalue weighted by atomic mass is 10.2. The number of nitrogens with zero attached hydrogens (tertiary/aromatic N) is 2. The molecule has 1 aromatic carbocycles. The molecule has 1 heterocycles. The van der Waals surface area contributed by atoms with Gasteiger partial charge in [0.05, 0.1) is 12.2 Å². The predicted octanol–water partition coefficient (Wildman–Crippen LogP) is 2.24. The van der Waals surface area contributed by atoms with E-state index in [9.17, 15) is 9.59 Å². The van der Waals surface area contributed by atoms with Crippen LogP contribution in [0.3, 0.4) is 0 Å². The van der Waals surface area contributed by atoms with Gasteiger partial charge in [0.25, 0.3) is 5.91 Å². The number of rotatable bonds is 5. The summed E-state index contributed by atoms with van der Waals surface area (Å²) in [6.07, 6.45) is 2.34. The Bertz CT molecular complexity index is 632. The van der Waals surface area contributed by atoms with Crippen molar-refractivity contribution in [3.8, 4) is 0 Å². The minimum atomic E-state index is -0.360. The number of aromatic nitrogens is 2. The van der Waals surface area contributed by atoms with Crippen LogP contribution in [0.1, 0.15) is 34.2 Å². The Morgan fingerprint density at radius 2 is 1.95 bits per heavy atom. The molecule has 21 heavy (non-hydrogen) atoms. The maximum atomic E-state index is 12.0. The molecule has 6 heteroatoms. The second kappa shape index (κ2) is 6.69. The summed E-state index contributed by atoms with van der Waals surface area (Å²) in [6, 6.07) is 8.20. The number of hydrogen-bond donors (Lipinski definition) is 1. The van der Waals surface area contributed by atoms with Gasteiger partial charge in [0.1, 0.15) is 5.69 Å². The van der Waals surface area contributed by atoms with Gasteiger partial charge in [-0.2, -0.15) is 5.10 Å². The summed E-state index contributed by atoms with van der Waals surface area (Å²) >= 11 is 0. The number of benzene rings is 1. The molecule has 6 nitrogen and oxygen atoms in total. The van der Waals surface area contributed by atoms with Gasteiger partial charge in [-0.1, -0.05) is 6.92 Å². The van der Waals surface area contributed by atoms with Crippen molar-refractivity contribution < 1.29 is 14.3 Å². The Morgan fingerprint density at radius 3 is 2.52 bits per heavy atom. The molecular formula is C15H17N3O3. The maximum Gasteiger partial charge on any atom is 0.338 e. The topological polar surface area (TPSA) is 73.2 Å². The molecule has 0 bridgehead atoms. The highest BCUT2D eigenvalue weighted by molar-refractivity contribution is 6.03. The second-order valence-electron chi connectivity index (χ2n) is 4.51. The van der Waals surface area contributed by atoms with Gasteiger partial charge in [0.2, 0.25) is 0 Å². The Balaban J connectivity index is 2.01. The lowest BCUT2D eigenvalue weighted by molar-refractivity contribution is 0.0505. The minimum Gasteiger partial charge on any atom is -0.462 e. The first-order valence-corrected chi connectivity index (χ1v) is 6.68. The number of carbonyl (C=O) groups excluding carboxylic acids is 2. The van der Waals surface area contributed by atoms with Gasteiger partial charge >= 0.3 is 5.97 Å². The lowest BCUT2D eigenvalue weighted by Crippen LogP contribution is -2.16. The zero-order valence-corrected chi connectivity index (χ0v) is 12.0. The largest absolute Gasteiger partial charge is 0.462 e. The van der Waals surface area contributed by atoms with Crippen LogP contribution < -0.4 is 5.32 Å². The van der Waals surface area contributed by atoms with Crippen LogP contribution in [0.2, 0.25) is 0 Å². The first kappa shape index (κ1) is 14.8. The third-order valence-corrected chi connectivity index (χ3v) is 2.87. The van der Waals surface area contributed by atoms with E-state index in [2.05, 4.69) is 10.4 Å². The van der Waals surface area contributed by atoms with Crippen LogP contribution in [0, 0.1) is 0 Å². The molecule has 0 radical (unpaired) electrons. The van der Waals surface area contributed by atoms with Crippen molar-refractivity contribution in [2.75, 3.05) is 11.9 Å². The summed E-state index contributed by atoms with van der Waals surface area (Å²) in [4.78, 5) is 23.6. The van der Waals surface area contributed by atoms with E-state index in [4.69, 9.17) is 4.74 Å². The number of nitrogens with one attached hydrogen (secondary N) is 1. The number of amides is 1. The Labute approximate surface area is 122 Å². The molecule has 0 saturated heterocycles. The van der Waals surface area contributed by atoms with Gasteiger partial charge in [0, 0.05) is 18.9 Å². The van der Waals surface area contributed by atoms with Crippen LogP contribution in [-0.4, -0.2) is 28.3 Å². The molecular weight excluding hydrogens is 270 g/mol. The van der Waals surface area contributed by atoms with E-state index in [-0.39, 0.29) is 11.9 Å². The molecule has 1 amide bonds.